The number of aromatic nitrogens is 3. The summed E-state index contributed by atoms with van der Waals surface area (Å²) in [5.74, 6) is 1.40. The number of H-pyrrole nitrogens is 1. The van der Waals surface area contributed by atoms with Gasteiger partial charge in [0.05, 0.1) is 11.4 Å². The number of hydrogen-bond acceptors (Lipinski definition) is 6. The Kier molecular flexibility index (Phi) is 9.40. The van der Waals surface area contributed by atoms with E-state index >= 15 is 0 Å². The standard InChI is InChI=1S/C37H43N5O3/c1-24(2)33-14-15-34(41-40-33)26-10-12-31(13-11-26)45-35-23-28(9-8-27(35)22-32-25(3)16-19-38-37(32)44)36(43)39-29-17-20-42(21-18-29)30-6-4-5-7-30/h8-16,19,23-24,29-30H,4-7,17-18,20-22H2,1-3H3,(H,38,44)(H,39,43). The van der Waals surface area contributed by atoms with Crippen LogP contribution in [0.3, 0.4) is 0 Å². The molecule has 2 aromatic heterocycles. The van der Waals surface area contributed by atoms with Crippen molar-refractivity contribution in [3.05, 3.63) is 105 Å². The SMILES string of the molecule is Cc1cc[nH]c(=O)c1Cc1ccc(C(=O)NC2CCN(C3CCCC3)CC2)cc1Oc1ccc(-c2ccc(C(C)C)nn2)cc1. The number of rotatable bonds is 9. The van der Waals surface area contributed by atoms with E-state index in [-0.39, 0.29) is 17.5 Å². The summed E-state index contributed by atoms with van der Waals surface area (Å²) in [6.45, 7) is 8.20. The topological polar surface area (TPSA) is 100 Å². The first-order valence-electron chi connectivity index (χ1n) is 16.3. The third-order valence-corrected chi connectivity index (χ3v) is 9.35. The first-order valence-corrected chi connectivity index (χ1v) is 16.3. The van der Waals surface area contributed by atoms with Crippen LogP contribution in [-0.2, 0) is 6.42 Å². The van der Waals surface area contributed by atoms with E-state index in [9.17, 15) is 9.59 Å². The predicted molar refractivity (Wildman–Crippen MR) is 177 cm³/mol. The van der Waals surface area contributed by atoms with Crippen LogP contribution in [0.25, 0.3) is 11.3 Å². The zero-order chi connectivity index (χ0) is 31.3. The molecule has 8 heteroatoms. The number of amides is 1. The summed E-state index contributed by atoms with van der Waals surface area (Å²) in [5.41, 5.74) is 5.51. The third-order valence-electron chi connectivity index (χ3n) is 9.35. The number of likely N-dealkylation sites (tertiary alicyclic amines) is 1. The Bertz CT molecular complexity index is 1670. The van der Waals surface area contributed by atoms with E-state index in [0.717, 1.165) is 60.1 Å². The summed E-state index contributed by atoms with van der Waals surface area (Å²) >= 11 is 0. The van der Waals surface area contributed by atoms with Crippen LogP contribution in [0, 0.1) is 6.92 Å². The highest BCUT2D eigenvalue weighted by atomic mass is 16.5. The van der Waals surface area contributed by atoms with Gasteiger partial charge in [0.15, 0.2) is 0 Å². The minimum absolute atomic E-state index is 0.0989. The number of benzene rings is 2. The molecule has 2 aliphatic rings. The molecule has 1 aliphatic carbocycles. The molecule has 3 heterocycles. The van der Waals surface area contributed by atoms with Gasteiger partial charge in [0.25, 0.3) is 11.5 Å². The molecule has 0 atom stereocenters. The Hall–Kier alpha value is -4.30. The van der Waals surface area contributed by atoms with Crippen molar-refractivity contribution in [2.24, 2.45) is 0 Å². The second kappa shape index (κ2) is 13.8. The lowest BCUT2D eigenvalue weighted by Crippen LogP contribution is -2.47. The number of piperidine rings is 1. The molecule has 0 spiro atoms. The quantitative estimate of drug-likeness (QED) is 0.218. The maximum absolute atomic E-state index is 13.5. The Morgan fingerprint density at radius 1 is 0.978 bits per heavy atom. The molecule has 1 aliphatic heterocycles. The van der Waals surface area contributed by atoms with E-state index in [4.69, 9.17) is 4.74 Å². The minimum Gasteiger partial charge on any atom is -0.457 e. The van der Waals surface area contributed by atoms with Crippen LogP contribution >= 0.6 is 0 Å². The molecule has 1 amide bonds. The number of ether oxygens (including phenoxy) is 1. The third kappa shape index (κ3) is 7.34. The highest BCUT2D eigenvalue weighted by Gasteiger charge is 2.28. The molecule has 234 valence electrons. The van der Waals surface area contributed by atoms with Crippen LogP contribution in [0.2, 0.25) is 0 Å². The molecule has 0 radical (unpaired) electrons. The van der Waals surface area contributed by atoms with E-state index in [1.807, 2.05) is 61.5 Å². The van der Waals surface area contributed by atoms with Gasteiger partial charge >= 0.3 is 0 Å². The Balaban J connectivity index is 1.20. The molecule has 1 saturated carbocycles. The van der Waals surface area contributed by atoms with Crippen molar-refractivity contribution in [1.82, 2.24) is 25.4 Å². The fourth-order valence-corrected chi connectivity index (χ4v) is 6.53. The van der Waals surface area contributed by atoms with Gasteiger partial charge in [-0.05, 0) is 104 Å². The maximum atomic E-state index is 13.5. The first kappa shape index (κ1) is 30.7. The fraction of sp³-hybridized carbons (Fsp3) is 0.405. The number of nitrogens with one attached hydrogen (secondary N) is 2. The Labute approximate surface area is 265 Å². The number of hydrogen-bond donors (Lipinski definition) is 2. The second-order valence-electron chi connectivity index (χ2n) is 12.8. The van der Waals surface area contributed by atoms with E-state index in [1.54, 1.807) is 12.3 Å². The van der Waals surface area contributed by atoms with Crippen LogP contribution in [0.4, 0.5) is 0 Å². The second-order valence-corrected chi connectivity index (χ2v) is 12.8. The smallest absolute Gasteiger partial charge is 0.251 e. The molecule has 2 N–H and O–H groups in total. The van der Waals surface area contributed by atoms with E-state index in [0.29, 0.717) is 35.0 Å². The normalized spacial score (nSPS) is 16.3. The van der Waals surface area contributed by atoms with Crippen molar-refractivity contribution in [2.45, 2.75) is 83.7 Å². The average molecular weight is 606 g/mol. The predicted octanol–water partition coefficient (Wildman–Crippen LogP) is 6.78. The van der Waals surface area contributed by atoms with Crippen molar-refractivity contribution >= 4 is 5.91 Å². The van der Waals surface area contributed by atoms with Crippen LogP contribution < -0.4 is 15.6 Å². The first-order chi connectivity index (χ1) is 21.8. The van der Waals surface area contributed by atoms with Gasteiger partial charge in [-0.3, -0.25) is 9.59 Å². The van der Waals surface area contributed by atoms with Gasteiger partial charge in [0, 0.05) is 54.5 Å². The molecule has 2 fully saturated rings. The van der Waals surface area contributed by atoms with Crippen molar-refractivity contribution in [3.63, 3.8) is 0 Å². The largest absolute Gasteiger partial charge is 0.457 e. The number of nitrogens with zero attached hydrogens (tertiary/aromatic N) is 3. The summed E-state index contributed by atoms with van der Waals surface area (Å²) in [5, 5.41) is 12.0. The molecular weight excluding hydrogens is 562 g/mol. The number of pyridine rings is 1. The monoisotopic (exact) mass is 605 g/mol. The van der Waals surface area contributed by atoms with Crippen LogP contribution in [0.15, 0.2) is 71.7 Å². The van der Waals surface area contributed by atoms with Gasteiger partial charge in [0.1, 0.15) is 11.5 Å². The summed E-state index contributed by atoms with van der Waals surface area (Å²) in [7, 11) is 0. The number of aryl methyl sites for hydroxylation is 1. The molecule has 2 aromatic carbocycles. The number of carbonyl (C=O) groups excluding carboxylic acids is 1. The average Bonchev–Trinajstić information content (AvgIpc) is 3.59. The van der Waals surface area contributed by atoms with Gasteiger partial charge in [-0.2, -0.15) is 10.2 Å². The number of aromatic amines is 1. The summed E-state index contributed by atoms with van der Waals surface area (Å²) in [6.07, 6.45) is 9.27. The summed E-state index contributed by atoms with van der Waals surface area (Å²) < 4.78 is 6.42. The lowest BCUT2D eigenvalue weighted by molar-refractivity contribution is 0.0892. The molecule has 0 bridgehead atoms. The lowest BCUT2D eigenvalue weighted by Gasteiger charge is -2.36. The van der Waals surface area contributed by atoms with E-state index in [2.05, 4.69) is 39.2 Å². The molecule has 8 nitrogen and oxygen atoms in total. The molecule has 45 heavy (non-hydrogen) atoms. The molecule has 0 unspecified atom stereocenters. The Morgan fingerprint density at radius 3 is 2.40 bits per heavy atom. The van der Waals surface area contributed by atoms with Crippen molar-refractivity contribution in [2.75, 3.05) is 13.1 Å². The molecule has 1 saturated heterocycles. The zero-order valence-electron chi connectivity index (χ0n) is 26.5. The van der Waals surface area contributed by atoms with Crippen molar-refractivity contribution < 1.29 is 9.53 Å². The van der Waals surface area contributed by atoms with E-state index in [1.165, 1.54) is 25.7 Å². The summed E-state index contributed by atoms with van der Waals surface area (Å²) in [6, 6.07) is 20.0. The minimum atomic E-state index is -0.124. The zero-order valence-corrected chi connectivity index (χ0v) is 26.5. The van der Waals surface area contributed by atoms with Crippen LogP contribution in [0.1, 0.15) is 91.0 Å². The molecular formula is C37H43N5O3. The number of carbonyl (C=O) groups is 1. The molecule has 6 rings (SSSR count). The highest BCUT2D eigenvalue weighted by Crippen LogP contribution is 2.31. The summed E-state index contributed by atoms with van der Waals surface area (Å²) in [4.78, 5) is 31.5. The van der Waals surface area contributed by atoms with Gasteiger partial charge < -0.3 is 19.9 Å². The maximum Gasteiger partial charge on any atom is 0.251 e. The van der Waals surface area contributed by atoms with Gasteiger partial charge in [-0.15, -0.1) is 0 Å². The Morgan fingerprint density at radius 2 is 1.73 bits per heavy atom. The molecule has 4 aromatic rings. The highest BCUT2D eigenvalue weighted by molar-refractivity contribution is 5.95. The van der Waals surface area contributed by atoms with Gasteiger partial charge in [-0.1, -0.05) is 32.8 Å². The fourth-order valence-electron chi connectivity index (χ4n) is 6.53. The van der Waals surface area contributed by atoms with Gasteiger partial charge in [0.2, 0.25) is 0 Å². The van der Waals surface area contributed by atoms with E-state index < -0.39 is 0 Å². The van der Waals surface area contributed by atoms with Gasteiger partial charge in [-0.25, -0.2) is 0 Å². The van der Waals surface area contributed by atoms with Crippen molar-refractivity contribution in [3.8, 4) is 22.8 Å². The lowest BCUT2D eigenvalue weighted by atomic mass is 9.99. The van der Waals surface area contributed by atoms with Crippen LogP contribution in [-0.4, -0.2) is 51.2 Å². The van der Waals surface area contributed by atoms with Crippen LogP contribution in [0.5, 0.6) is 11.5 Å². The van der Waals surface area contributed by atoms with Crippen molar-refractivity contribution in [1.29, 1.82) is 0 Å².